The smallest absolute Gasteiger partial charge is 0.0558 e. The van der Waals surface area contributed by atoms with E-state index in [2.05, 4.69) is 41.0 Å². The summed E-state index contributed by atoms with van der Waals surface area (Å²) in [7, 11) is 6.23. The van der Waals surface area contributed by atoms with Gasteiger partial charge >= 0.3 is 0 Å². The molecule has 0 atom stereocenters. The largest absolute Gasteiger partial charge is 0.395 e. The SMILES string of the molecule is CCN(C)CCNC.CN1CCN(CCO)CC1. The Kier molecular flexibility index (Phi) is 11.7. The number of hydrogen-bond donors (Lipinski definition) is 2. The zero-order valence-electron chi connectivity index (χ0n) is 12.7. The summed E-state index contributed by atoms with van der Waals surface area (Å²) < 4.78 is 0. The molecule has 18 heavy (non-hydrogen) atoms. The molecular formula is C13H32N4O. The highest BCUT2D eigenvalue weighted by molar-refractivity contribution is 4.68. The molecule has 1 saturated heterocycles. The van der Waals surface area contributed by atoms with E-state index in [0.717, 1.165) is 52.4 Å². The number of likely N-dealkylation sites (N-methyl/N-ethyl adjacent to an activating group) is 3. The molecule has 0 aromatic heterocycles. The second-order valence-corrected chi connectivity index (χ2v) is 4.87. The van der Waals surface area contributed by atoms with E-state index >= 15 is 0 Å². The van der Waals surface area contributed by atoms with E-state index in [-0.39, 0.29) is 0 Å². The first-order chi connectivity index (χ1) is 8.63. The van der Waals surface area contributed by atoms with Gasteiger partial charge in [-0.3, -0.25) is 4.90 Å². The average Bonchev–Trinajstić information content (AvgIpc) is 2.39. The Hall–Kier alpha value is -0.200. The van der Waals surface area contributed by atoms with E-state index in [1.807, 2.05) is 7.05 Å². The van der Waals surface area contributed by atoms with Crippen molar-refractivity contribution in [1.29, 1.82) is 0 Å². The summed E-state index contributed by atoms with van der Waals surface area (Å²) in [4.78, 5) is 6.88. The van der Waals surface area contributed by atoms with Crippen LogP contribution in [0.3, 0.4) is 0 Å². The van der Waals surface area contributed by atoms with Crippen molar-refractivity contribution in [2.24, 2.45) is 0 Å². The number of nitrogens with zero attached hydrogens (tertiary/aromatic N) is 3. The zero-order chi connectivity index (χ0) is 13.8. The second-order valence-electron chi connectivity index (χ2n) is 4.87. The normalized spacial score (nSPS) is 17.7. The third-order valence-corrected chi connectivity index (χ3v) is 3.30. The van der Waals surface area contributed by atoms with Crippen molar-refractivity contribution in [2.45, 2.75) is 6.92 Å². The molecule has 0 bridgehead atoms. The summed E-state index contributed by atoms with van der Waals surface area (Å²) >= 11 is 0. The van der Waals surface area contributed by atoms with Crippen molar-refractivity contribution in [3.8, 4) is 0 Å². The lowest BCUT2D eigenvalue weighted by atomic mass is 10.3. The van der Waals surface area contributed by atoms with E-state index in [0.29, 0.717) is 6.61 Å². The molecule has 1 aliphatic heterocycles. The highest BCUT2D eigenvalue weighted by atomic mass is 16.3. The molecule has 5 nitrogen and oxygen atoms in total. The third kappa shape index (κ3) is 9.79. The molecular weight excluding hydrogens is 228 g/mol. The number of aliphatic hydroxyl groups excluding tert-OH is 1. The quantitative estimate of drug-likeness (QED) is 0.666. The van der Waals surface area contributed by atoms with Crippen LogP contribution in [0.1, 0.15) is 6.92 Å². The van der Waals surface area contributed by atoms with Crippen molar-refractivity contribution in [1.82, 2.24) is 20.0 Å². The van der Waals surface area contributed by atoms with Crippen molar-refractivity contribution in [3.63, 3.8) is 0 Å². The molecule has 110 valence electrons. The van der Waals surface area contributed by atoms with Gasteiger partial charge in [0.2, 0.25) is 0 Å². The first-order valence-corrected chi connectivity index (χ1v) is 6.98. The van der Waals surface area contributed by atoms with Crippen LogP contribution in [-0.4, -0.2) is 99.9 Å². The second kappa shape index (κ2) is 11.9. The molecule has 1 aliphatic rings. The van der Waals surface area contributed by atoms with Gasteiger partial charge in [-0.2, -0.15) is 0 Å². The summed E-state index contributed by atoms with van der Waals surface area (Å²) in [6.07, 6.45) is 0. The molecule has 1 heterocycles. The van der Waals surface area contributed by atoms with Crippen LogP contribution in [0.5, 0.6) is 0 Å². The first-order valence-electron chi connectivity index (χ1n) is 6.98. The van der Waals surface area contributed by atoms with Gasteiger partial charge in [-0.15, -0.1) is 0 Å². The molecule has 1 rings (SSSR count). The molecule has 0 spiro atoms. The average molecular weight is 260 g/mol. The third-order valence-electron chi connectivity index (χ3n) is 3.30. The van der Waals surface area contributed by atoms with E-state index < -0.39 is 0 Å². The number of piperazine rings is 1. The summed E-state index contributed by atoms with van der Waals surface area (Å²) in [5.74, 6) is 0. The standard InChI is InChI=1S/C7H16N2O.C6H16N2/c1-8-2-4-9(5-3-8)6-7-10;1-4-8(3)6-5-7-2/h10H,2-7H2,1H3;7H,4-6H2,1-3H3. The predicted molar refractivity (Wildman–Crippen MR) is 78.1 cm³/mol. The number of aliphatic hydroxyl groups is 1. The van der Waals surface area contributed by atoms with Gasteiger partial charge in [-0.05, 0) is 27.7 Å². The van der Waals surface area contributed by atoms with Gasteiger partial charge in [0.25, 0.3) is 0 Å². The maximum atomic E-state index is 8.63. The van der Waals surface area contributed by atoms with Gasteiger partial charge in [0.1, 0.15) is 0 Å². The Morgan fingerprint density at radius 1 is 1.22 bits per heavy atom. The summed E-state index contributed by atoms with van der Waals surface area (Å²) in [5, 5.41) is 11.7. The van der Waals surface area contributed by atoms with E-state index in [1.54, 1.807) is 0 Å². The van der Waals surface area contributed by atoms with Gasteiger partial charge in [0, 0.05) is 45.8 Å². The Balaban J connectivity index is 0.000000331. The maximum absolute atomic E-state index is 8.63. The van der Waals surface area contributed by atoms with Crippen molar-refractivity contribution >= 4 is 0 Å². The van der Waals surface area contributed by atoms with Gasteiger partial charge in [0.05, 0.1) is 6.61 Å². The Morgan fingerprint density at radius 3 is 2.28 bits per heavy atom. The van der Waals surface area contributed by atoms with Crippen molar-refractivity contribution in [3.05, 3.63) is 0 Å². The molecule has 0 radical (unpaired) electrons. The Bertz CT molecular complexity index is 172. The van der Waals surface area contributed by atoms with Crippen molar-refractivity contribution < 1.29 is 5.11 Å². The molecule has 0 aliphatic carbocycles. The van der Waals surface area contributed by atoms with Crippen LogP contribution in [0.15, 0.2) is 0 Å². The molecule has 0 aromatic carbocycles. The monoisotopic (exact) mass is 260 g/mol. The number of nitrogens with one attached hydrogen (secondary N) is 1. The zero-order valence-corrected chi connectivity index (χ0v) is 12.7. The van der Waals surface area contributed by atoms with Gasteiger partial charge < -0.3 is 20.2 Å². The van der Waals surface area contributed by atoms with Crippen LogP contribution in [0.25, 0.3) is 0 Å². The van der Waals surface area contributed by atoms with Crippen LogP contribution >= 0.6 is 0 Å². The minimum Gasteiger partial charge on any atom is -0.395 e. The number of hydrogen-bond acceptors (Lipinski definition) is 5. The fourth-order valence-corrected chi connectivity index (χ4v) is 1.67. The van der Waals surface area contributed by atoms with Crippen LogP contribution in [0.2, 0.25) is 0 Å². The van der Waals surface area contributed by atoms with Gasteiger partial charge in [-0.25, -0.2) is 0 Å². The Labute approximate surface area is 113 Å². The topological polar surface area (TPSA) is 42.0 Å². The fourth-order valence-electron chi connectivity index (χ4n) is 1.67. The molecule has 5 heteroatoms. The van der Waals surface area contributed by atoms with E-state index in [1.165, 1.54) is 0 Å². The molecule has 0 amide bonds. The van der Waals surface area contributed by atoms with Crippen LogP contribution in [0, 0.1) is 0 Å². The first kappa shape index (κ1) is 17.8. The summed E-state index contributed by atoms with van der Waals surface area (Å²) in [5.41, 5.74) is 0. The summed E-state index contributed by atoms with van der Waals surface area (Å²) in [6, 6.07) is 0. The molecule has 0 saturated carbocycles. The fraction of sp³-hybridized carbons (Fsp3) is 1.00. The highest BCUT2D eigenvalue weighted by Gasteiger charge is 2.11. The van der Waals surface area contributed by atoms with E-state index in [9.17, 15) is 0 Å². The number of β-amino-alcohol motifs (C(OH)–C–C–N with tert-alkyl or cyclic N) is 1. The molecule has 2 N–H and O–H groups in total. The maximum Gasteiger partial charge on any atom is 0.0558 e. The van der Waals surface area contributed by atoms with Crippen LogP contribution in [0.4, 0.5) is 0 Å². The molecule has 0 aromatic rings. The Morgan fingerprint density at radius 2 is 1.83 bits per heavy atom. The number of rotatable bonds is 6. The minimum absolute atomic E-state index is 0.295. The molecule has 1 fully saturated rings. The minimum atomic E-state index is 0.295. The lowest BCUT2D eigenvalue weighted by Crippen LogP contribution is -2.45. The van der Waals surface area contributed by atoms with Crippen LogP contribution < -0.4 is 5.32 Å². The van der Waals surface area contributed by atoms with Crippen molar-refractivity contribution in [2.75, 3.05) is 80.1 Å². The lowest BCUT2D eigenvalue weighted by Gasteiger charge is -2.31. The van der Waals surface area contributed by atoms with Gasteiger partial charge in [0.15, 0.2) is 0 Å². The molecule has 0 unspecified atom stereocenters. The van der Waals surface area contributed by atoms with Gasteiger partial charge in [-0.1, -0.05) is 6.92 Å². The lowest BCUT2D eigenvalue weighted by molar-refractivity contribution is 0.128. The highest BCUT2D eigenvalue weighted by Crippen LogP contribution is 1.96. The predicted octanol–water partition coefficient (Wildman–Crippen LogP) is -0.616. The van der Waals surface area contributed by atoms with Crippen LogP contribution in [-0.2, 0) is 0 Å². The summed E-state index contributed by atoms with van der Waals surface area (Å²) in [6.45, 7) is 11.2. The van der Waals surface area contributed by atoms with E-state index in [4.69, 9.17) is 5.11 Å².